The summed E-state index contributed by atoms with van der Waals surface area (Å²) in [4.78, 5) is 27.7. The van der Waals surface area contributed by atoms with E-state index in [0.29, 0.717) is 13.2 Å². The largest absolute Gasteiger partial charge is 0.329 e. The molecule has 1 saturated heterocycles. The second-order valence-corrected chi connectivity index (χ2v) is 7.73. The van der Waals surface area contributed by atoms with Crippen molar-refractivity contribution in [1.82, 2.24) is 20.0 Å². The first kappa shape index (κ1) is 17.7. The van der Waals surface area contributed by atoms with Crippen LogP contribution in [0.3, 0.4) is 0 Å². The summed E-state index contributed by atoms with van der Waals surface area (Å²) in [7, 11) is 1.99. The number of hydrogen-bond acceptors (Lipinski definition) is 3. The number of nitrogens with one attached hydrogen (secondary N) is 2. The van der Waals surface area contributed by atoms with Crippen molar-refractivity contribution in [3.63, 3.8) is 0 Å². The number of nitrogens with zero attached hydrogens (tertiary/aromatic N) is 3. The quantitative estimate of drug-likeness (QED) is 0.777. The number of amides is 3. The number of aromatic nitrogens is 2. The van der Waals surface area contributed by atoms with Gasteiger partial charge in [0, 0.05) is 11.8 Å². The molecule has 7 heteroatoms. The van der Waals surface area contributed by atoms with Crippen LogP contribution in [-0.4, -0.2) is 45.9 Å². The second kappa shape index (κ2) is 7.15. The Morgan fingerprint density at radius 2 is 1.89 bits per heavy atom. The van der Waals surface area contributed by atoms with Crippen LogP contribution in [0, 0.1) is 0 Å². The van der Waals surface area contributed by atoms with Crippen LogP contribution in [0.15, 0.2) is 42.7 Å². The standard InChI is InChI=1S/C20H25N5O2/c1-23(13-16-12-21-25(14-16)17-8-4-2-5-9-17)15-24-18(26)20(22-19(24)27)10-6-3-7-11-20/h2,4-5,8-9,12,14H,3,6-7,10-11,13,15H2,1H3,(H,22,27)/p+1. The van der Waals surface area contributed by atoms with E-state index in [2.05, 4.69) is 10.4 Å². The van der Waals surface area contributed by atoms with Crippen LogP contribution in [0.4, 0.5) is 4.79 Å². The number of imide groups is 1. The molecule has 1 spiro atoms. The minimum absolute atomic E-state index is 0.0495. The Labute approximate surface area is 158 Å². The minimum Gasteiger partial charge on any atom is -0.323 e. The summed E-state index contributed by atoms with van der Waals surface area (Å²) in [6, 6.07) is 9.69. The molecule has 1 saturated carbocycles. The zero-order chi connectivity index (χ0) is 18.9. The van der Waals surface area contributed by atoms with Crippen molar-refractivity contribution in [3.8, 4) is 5.69 Å². The first-order valence-electron chi connectivity index (χ1n) is 9.62. The highest BCUT2D eigenvalue weighted by Crippen LogP contribution is 2.33. The number of carbonyl (C=O) groups is 2. The Morgan fingerprint density at radius 3 is 2.63 bits per heavy atom. The van der Waals surface area contributed by atoms with Crippen molar-refractivity contribution in [2.75, 3.05) is 13.7 Å². The van der Waals surface area contributed by atoms with E-state index in [1.54, 1.807) is 0 Å². The number of para-hydroxylation sites is 1. The highest BCUT2D eigenvalue weighted by Gasteiger charge is 2.52. The molecule has 0 radical (unpaired) electrons. The summed E-state index contributed by atoms with van der Waals surface area (Å²) in [5.74, 6) is -0.0495. The third-order valence-corrected chi connectivity index (χ3v) is 5.54. The molecule has 2 aliphatic rings. The normalized spacial score (nSPS) is 20.1. The molecular formula is C20H26N5O2+. The molecule has 1 aromatic heterocycles. The lowest BCUT2D eigenvalue weighted by Gasteiger charge is -2.30. The molecule has 1 aliphatic heterocycles. The van der Waals surface area contributed by atoms with Gasteiger partial charge in [0.1, 0.15) is 12.1 Å². The fraction of sp³-hybridized carbons (Fsp3) is 0.450. The predicted octanol–water partition coefficient (Wildman–Crippen LogP) is 1.10. The SMILES string of the molecule is C[NH+](Cc1cnn(-c2ccccc2)c1)CN1C(=O)NC2(CCCCC2)C1=O. The van der Waals surface area contributed by atoms with Gasteiger partial charge in [-0.1, -0.05) is 37.5 Å². The van der Waals surface area contributed by atoms with Crippen molar-refractivity contribution >= 4 is 11.9 Å². The molecule has 0 bridgehead atoms. The lowest BCUT2D eigenvalue weighted by atomic mass is 9.82. The number of urea groups is 1. The summed E-state index contributed by atoms with van der Waals surface area (Å²) in [6.07, 6.45) is 8.50. The maximum atomic E-state index is 12.9. The van der Waals surface area contributed by atoms with E-state index in [-0.39, 0.29) is 11.9 Å². The number of benzene rings is 1. The Kier molecular flexibility index (Phi) is 4.70. The molecule has 1 aliphatic carbocycles. The third kappa shape index (κ3) is 3.47. The molecule has 4 rings (SSSR count). The van der Waals surface area contributed by atoms with Gasteiger partial charge in [-0.3, -0.25) is 4.79 Å². The van der Waals surface area contributed by atoms with Crippen LogP contribution in [0.25, 0.3) is 5.69 Å². The average Bonchev–Trinajstić information content (AvgIpc) is 3.22. The van der Waals surface area contributed by atoms with Crippen molar-refractivity contribution in [2.24, 2.45) is 0 Å². The van der Waals surface area contributed by atoms with Gasteiger partial charge < -0.3 is 10.2 Å². The number of rotatable bonds is 5. The number of quaternary nitrogens is 1. The molecule has 1 aromatic carbocycles. The molecule has 2 aromatic rings. The molecule has 3 amide bonds. The van der Waals surface area contributed by atoms with Crippen molar-refractivity contribution < 1.29 is 14.5 Å². The van der Waals surface area contributed by atoms with E-state index in [0.717, 1.165) is 48.3 Å². The summed E-state index contributed by atoms with van der Waals surface area (Å²) in [5, 5.41) is 7.38. The van der Waals surface area contributed by atoms with Gasteiger partial charge in [-0.15, -0.1) is 0 Å². The van der Waals surface area contributed by atoms with Crippen molar-refractivity contribution in [3.05, 3.63) is 48.3 Å². The molecule has 7 nitrogen and oxygen atoms in total. The van der Waals surface area contributed by atoms with E-state index >= 15 is 0 Å². The molecule has 2 fully saturated rings. The molecule has 2 heterocycles. The van der Waals surface area contributed by atoms with Gasteiger partial charge in [-0.2, -0.15) is 5.10 Å². The molecule has 142 valence electrons. The van der Waals surface area contributed by atoms with E-state index in [1.807, 2.05) is 54.5 Å². The summed E-state index contributed by atoms with van der Waals surface area (Å²) >= 11 is 0. The van der Waals surface area contributed by atoms with E-state index in [9.17, 15) is 9.59 Å². The molecule has 1 unspecified atom stereocenters. The maximum Gasteiger partial charge on any atom is 0.329 e. The van der Waals surface area contributed by atoms with Crippen LogP contribution in [0.5, 0.6) is 0 Å². The smallest absolute Gasteiger partial charge is 0.323 e. The highest BCUT2D eigenvalue weighted by atomic mass is 16.2. The Balaban J connectivity index is 1.40. The lowest BCUT2D eigenvalue weighted by Crippen LogP contribution is -3.09. The summed E-state index contributed by atoms with van der Waals surface area (Å²) < 4.78 is 1.84. The monoisotopic (exact) mass is 368 g/mol. The van der Waals surface area contributed by atoms with Gasteiger partial charge in [0.25, 0.3) is 5.91 Å². The van der Waals surface area contributed by atoms with Crippen molar-refractivity contribution in [1.29, 1.82) is 0 Å². The number of hydrogen-bond donors (Lipinski definition) is 2. The van der Waals surface area contributed by atoms with Gasteiger partial charge in [0.05, 0.1) is 18.9 Å². The molecule has 27 heavy (non-hydrogen) atoms. The Bertz CT molecular complexity index is 826. The van der Waals surface area contributed by atoms with E-state index < -0.39 is 5.54 Å². The Morgan fingerprint density at radius 1 is 1.15 bits per heavy atom. The van der Waals surface area contributed by atoms with E-state index in [1.165, 1.54) is 4.90 Å². The highest BCUT2D eigenvalue weighted by molar-refractivity contribution is 6.06. The maximum absolute atomic E-state index is 12.9. The van der Waals surface area contributed by atoms with Gasteiger partial charge in [-0.25, -0.2) is 14.4 Å². The third-order valence-electron chi connectivity index (χ3n) is 5.54. The van der Waals surface area contributed by atoms with Crippen LogP contribution in [0.2, 0.25) is 0 Å². The fourth-order valence-corrected chi connectivity index (χ4v) is 4.16. The molecule has 1 atom stereocenters. The zero-order valence-corrected chi connectivity index (χ0v) is 15.6. The molecular weight excluding hydrogens is 342 g/mol. The predicted molar refractivity (Wildman–Crippen MR) is 100 cm³/mol. The lowest BCUT2D eigenvalue weighted by molar-refractivity contribution is -0.901. The average molecular weight is 368 g/mol. The van der Waals surface area contributed by atoms with Crippen LogP contribution < -0.4 is 10.2 Å². The zero-order valence-electron chi connectivity index (χ0n) is 15.6. The number of carbonyl (C=O) groups excluding carboxylic acids is 2. The fourth-order valence-electron chi connectivity index (χ4n) is 4.16. The van der Waals surface area contributed by atoms with Gasteiger partial charge in [-0.05, 0) is 25.0 Å². The topological polar surface area (TPSA) is 71.7 Å². The van der Waals surface area contributed by atoms with Crippen LogP contribution >= 0.6 is 0 Å². The molecule has 2 N–H and O–H groups in total. The van der Waals surface area contributed by atoms with Gasteiger partial charge in [0.15, 0.2) is 6.67 Å². The van der Waals surface area contributed by atoms with Gasteiger partial charge in [0.2, 0.25) is 0 Å². The summed E-state index contributed by atoms with van der Waals surface area (Å²) in [5.41, 5.74) is 1.43. The van der Waals surface area contributed by atoms with Crippen LogP contribution in [-0.2, 0) is 11.3 Å². The first-order valence-corrected chi connectivity index (χ1v) is 9.62. The van der Waals surface area contributed by atoms with Gasteiger partial charge >= 0.3 is 6.03 Å². The van der Waals surface area contributed by atoms with Crippen molar-refractivity contribution in [2.45, 2.75) is 44.2 Å². The second-order valence-electron chi connectivity index (χ2n) is 7.73. The van der Waals surface area contributed by atoms with E-state index in [4.69, 9.17) is 0 Å². The first-order chi connectivity index (χ1) is 13.1. The minimum atomic E-state index is -0.645. The summed E-state index contributed by atoms with van der Waals surface area (Å²) in [6.45, 7) is 1.06. The van der Waals surface area contributed by atoms with Crippen LogP contribution in [0.1, 0.15) is 37.7 Å². The Hall–Kier alpha value is -2.67.